The Labute approximate surface area is 131 Å². The number of unbranched alkanes of at least 4 members (excludes halogenated alkanes) is 3. The molecule has 0 aromatic heterocycles. The van der Waals surface area contributed by atoms with Crippen LogP contribution in [0.3, 0.4) is 0 Å². The number of rotatable bonds is 9. The van der Waals surface area contributed by atoms with Crippen molar-refractivity contribution in [1.29, 1.82) is 0 Å². The maximum absolute atomic E-state index is 6.00. The maximum Gasteiger partial charge on any atom is 0.124 e. The van der Waals surface area contributed by atoms with Crippen molar-refractivity contribution in [2.24, 2.45) is 5.41 Å². The molecule has 1 unspecified atom stereocenters. The van der Waals surface area contributed by atoms with Crippen molar-refractivity contribution in [2.75, 3.05) is 13.2 Å². The lowest BCUT2D eigenvalue weighted by atomic mass is 9.96. The van der Waals surface area contributed by atoms with Gasteiger partial charge in [-0.25, -0.2) is 0 Å². The molecular formula is C19H33NO. The fourth-order valence-corrected chi connectivity index (χ4v) is 2.25. The smallest absolute Gasteiger partial charge is 0.124 e. The minimum Gasteiger partial charge on any atom is -0.493 e. The van der Waals surface area contributed by atoms with Crippen LogP contribution in [0.2, 0.25) is 0 Å². The molecule has 2 heteroatoms. The van der Waals surface area contributed by atoms with E-state index in [1.54, 1.807) is 0 Å². The molecule has 0 aliphatic heterocycles. The molecule has 0 aliphatic rings. The fraction of sp³-hybridized carbons (Fsp3) is 0.684. The monoisotopic (exact) mass is 291 g/mol. The molecule has 0 saturated carbocycles. The van der Waals surface area contributed by atoms with E-state index in [-0.39, 0.29) is 0 Å². The molecule has 0 fully saturated rings. The molecule has 1 atom stereocenters. The van der Waals surface area contributed by atoms with Gasteiger partial charge in [-0.15, -0.1) is 0 Å². The first-order chi connectivity index (χ1) is 9.94. The Hall–Kier alpha value is -1.02. The molecule has 1 N–H and O–H groups in total. The average molecular weight is 291 g/mol. The SMILES string of the molecule is CCCCCCOc1ccccc1C(C)NCC(C)(C)C. The molecule has 0 amide bonds. The van der Waals surface area contributed by atoms with Crippen LogP contribution in [0.5, 0.6) is 5.75 Å². The third kappa shape index (κ3) is 7.52. The van der Waals surface area contributed by atoms with Crippen LogP contribution in [-0.4, -0.2) is 13.2 Å². The van der Waals surface area contributed by atoms with Gasteiger partial charge in [-0.1, -0.05) is 65.2 Å². The van der Waals surface area contributed by atoms with Crippen LogP contribution in [0.15, 0.2) is 24.3 Å². The van der Waals surface area contributed by atoms with E-state index in [9.17, 15) is 0 Å². The standard InChI is InChI=1S/C19H33NO/c1-6-7-8-11-14-21-18-13-10-9-12-17(18)16(2)20-15-19(3,4)5/h9-10,12-13,16,20H,6-8,11,14-15H2,1-5H3. The lowest BCUT2D eigenvalue weighted by Crippen LogP contribution is -2.29. The largest absolute Gasteiger partial charge is 0.493 e. The highest BCUT2D eigenvalue weighted by molar-refractivity contribution is 5.35. The number of hydrogen-bond acceptors (Lipinski definition) is 2. The van der Waals surface area contributed by atoms with Crippen LogP contribution in [0.4, 0.5) is 0 Å². The summed E-state index contributed by atoms with van der Waals surface area (Å²) in [6.45, 7) is 13.0. The van der Waals surface area contributed by atoms with Crippen LogP contribution in [0.25, 0.3) is 0 Å². The first kappa shape index (κ1) is 18.0. The second-order valence-electron chi connectivity index (χ2n) is 7.11. The molecule has 0 spiro atoms. The van der Waals surface area contributed by atoms with Gasteiger partial charge in [0.15, 0.2) is 0 Å². The molecule has 21 heavy (non-hydrogen) atoms. The molecule has 1 aromatic rings. The summed E-state index contributed by atoms with van der Waals surface area (Å²) in [5.74, 6) is 1.03. The zero-order valence-corrected chi connectivity index (χ0v) is 14.5. The Morgan fingerprint density at radius 3 is 2.48 bits per heavy atom. The molecule has 0 aliphatic carbocycles. The molecule has 0 heterocycles. The van der Waals surface area contributed by atoms with Crippen molar-refractivity contribution in [3.8, 4) is 5.75 Å². The van der Waals surface area contributed by atoms with Gasteiger partial charge < -0.3 is 10.1 Å². The lowest BCUT2D eigenvalue weighted by Gasteiger charge is -2.24. The third-order valence-electron chi connectivity index (χ3n) is 3.58. The number of hydrogen-bond donors (Lipinski definition) is 1. The maximum atomic E-state index is 6.00. The van der Waals surface area contributed by atoms with Crippen molar-refractivity contribution < 1.29 is 4.74 Å². The van der Waals surface area contributed by atoms with E-state index in [1.165, 1.54) is 24.8 Å². The molecule has 0 bridgehead atoms. The summed E-state index contributed by atoms with van der Waals surface area (Å²) in [5.41, 5.74) is 1.56. The van der Waals surface area contributed by atoms with E-state index in [0.717, 1.165) is 25.3 Å². The molecule has 0 saturated heterocycles. The van der Waals surface area contributed by atoms with Crippen molar-refractivity contribution in [1.82, 2.24) is 5.32 Å². The van der Waals surface area contributed by atoms with Crippen molar-refractivity contribution >= 4 is 0 Å². The Morgan fingerprint density at radius 2 is 1.81 bits per heavy atom. The predicted octanol–water partition coefficient (Wildman–Crippen LogP) is 5.34. The average Bonchev–Trinajstić information content (AvgIpc) is 2.44. The number of nitrogens with one attached hydrogen (secondary N) is 1. The van der Waals surface area contributed by atoms with Crippen molar-refractivity contribution in [3.05, 3.63) is 29.8 Å². The minimum atomic E-state index is 0.296. The molecule has 0 radical (unpaired) electrons. The summed E-state index contributed by atoms with van der Waals surface area (Å²) < 4.78 is 6.00. The summed E-state index contributed by atoms with van der Waals surface area (Å²) in [6, 6.07) is 8.72. The van der Waals surface area contributed by atoms with E-state index in [4.69, 9.17) is 4.74 Å². The summed E-state index contributed by atoms with van der Waals surface area (Å²) in [4.78, 5) is 0. The first-order valence-electron chi connectivity index (χ1n) is 8.39. The molecular weight excluding hydrogens is 258 g/mol. The van der Waals surface area contributed by atoms with Gasteiger partial charge in [-0.05, 0) is 24.8 Å². The van der Waals surface area contributed by atoms with Gasteiger partial charge in [0.05, 0.1) is 6.61 Å². The van der Waals surface area contributed by atoms with Crippen LogP contribution < -0.4 is 10.1 Å². The van der Waals surface area contributed by atoms with Gasteiger partial charge in [0.25, 0.3) is 0 Å². The molecule has 120 valence electrons. The highest BCUT2D eigenvalue weighted by Crippen LogP contribution is 2.26. The number of benzene rings is 1. The first-order valence-corrected chi connectivity index (χ1v) is 8.39. The summed E-state index contributed by atoms with van der Waals surface area (Å²) in [5, 5.41) is 3.61. The van der Waals surface area contributed by atoms with Crippen LogP contribution in [0, 0.1) is 5.41 Å². The topological polar surface area (TPSA) is 21.3 Å². The van der Waals surface area contributed by atoms with Gasteiger partial charge >= 0.3 is 0 Å². The van der Waals surface area contributed by atoms with Crippen LogP contribution in [-0.2, 0) is 0 Å². The normalized spacial score (nSPS) is 13.2. The predicted molar refractivity (Wildman–Crippen MR) is 92.0 cm³/mol. The van der Waals surface area contributed by atoms with Crippen molar-refractivity contribution in [2.45, 2.75) is 66.3 Å². The highest BCUT2D eigenvalue weighted by atomic mass is 16.5. The Morgan fingerprint density at radius 1 is 1.10 bits per heavy atom. The van der Waals surface area contributed by atoms with Gasteiger partial charge in [-0.3, -0.25) is 0 Å². The molecule has 1 rings (SSSR count). The second kappa shape index (κ2) is 9.09. The minimum absolute atomic E-state index is 0.296. The summed E-state index contributed by atoms with van der Waals surface area (Å²) in [6.07, 6.45) is 4.97. The van der Waals surface area contributed by atoms with Gasteiger partial charge in [-0.2, -0.15) is 0 Å². The van der Waals surface area contributed by atoms with Crippen LogP contribution in [0.1, 0.15) is 71.9 Å². The second-order valence-corrected chi connectivity index (χ2v) is 7.11. The van der Waals surface area contributed by atoms with Crippen molar-refractivity contribution in [3.63, 3.8) is 0 Å². The lowest BCUT2D eigenvalue weighted by molar-refractivity contribution is 0.296. The number of para-hydroxylation sites is 1. The summed E-state index contributed by atoms with van der Waals surface area (Å²) in [7, 11) is 0. The van der Waals surface area contributed by atoms with E-state index in [0.29, 0.717) is 11.5 Å². The van der Waals surface area contributed by atoms with Crippen LogP contribution >= 0.6 is 0 Å². The zero-order valence-electron chi connectivity index (χ0n) is 14.5. The van der Waals surface area contributed by atoms with E-state index in [2.05, 4.69) is 64.2 Å². The van der Waals surface area contributed by atoms with Gasteiger partial charge in [0, 0.05) is 18.2 Å². The third-order valence-corrected chi connectivity index (χ3v) is 3.58. The van der Waals surface area contributed by atoms with Gasteiger partial charge in [0.2, 0.25) is 0 Å². The molecule has 2 nitrogen and oxygen atoms in total. The zero-order chi connectivity index (χ0) is 15.7. The summed E-state index contributed by atoms with van der Waals surface area (Å²) >= 11 is 0. The van der Waals surface area contributed by atoms with E-state index in [1.807, 2.05) is 0 Å². The Balaban J connectivity index is 2.53. The number of ether oxygens (including phenoxy) is 1. The van der Waals surface area contributed by atoms with Gasteiger partial charge in [0.1, 0.15) is 5.75 Å². The fourth-order valence-electron chi connectivity index (χ4n) is 2.25. The Bertz CT molecular complexity index is 395. The van der Waals surface area contributed by atoms with E-state index >= 15 is 0 Å². The highest BCUT2D eigenvalue weighted by Gasteiger charge is 2.15. The molecule has 1 aromatic carbocycles. The van der Waals surface area contributed by atoms with E-state index < -0.39 is 0 Å². The Kier molecular flexibility index (Phi) is 7.81. The quantitative estimate of drug-likeness (QED) is 0.620.